The number of carbonyl (C=O) groups is 1. The van der Waals surface area contributed by atoms with E-state index in [4.69, 9.17) is 0 Å². The number of hydrogen-bond acceptors (Lipinski definition) is 3. The molecule has 0 radical (unpaired) electrons. The van der Waals surface area contributed by atoms with Crippen LogP contribution >= 0.6 is 0 Å². The van der Waals surface area contributed by atoms with Gasteiger partial charge in [-0.05, 0) is 49.7 Å². The van der Waals surface area contributed by atoms with E-state index in [2.05, 4.69) is 15.3 Å². The number of alkyl halides is 3. The Balaban J connectivity index is 1.90. The topological polar surface area (TPSA) is 59.8 Å². The molecule has 0 saturated heterocycles. The number of imidazole rings is 1. The van der Waals surface area contributed by atoms with Crippen molar-refractivity contribution < 1.29 is 18.0 Å². The maximum absolute atomic E-state index is 13.2. The van der Waals surface area contributed by atoms with E-state index in [9.17, 15) is 18.0 Å². The van der Waals surface area contributed by atoms with Crippen LogP contribution in [0.2, 0.25) is 0 Å². The molecule has 0 fully saturated rings. The fourth-order valence-electron chi connectivity index (χ4n) is 2.75. The van der Waals surface area contributed by atoms with Crippen molar-refractivity contribution in [2.45, 2.75) is 32.6 Å². The fourth-order valence-corrected chi connectivity index (χ4v) is 2.75. The summed E-state index contributed by atoms with van der Waals surface area (Å²) in [6, 6.07) is 7.50. The second-order valence-electron chi connectivity index (χ2n) is 6.14. The van der Waals surface area contributed by atoms with Gasteiger partial charge < -0.3 is 9.88 Å². The van der Waals surface area contributed by atoms with Gasteiger partial charge in [0.1, 0.15) is 0 Å². The van der Waals surface area contributed by atoms with Gasteiger partial charge in [-0.2, -0.15) is 13.2 Å². The predicted octanol–water partition coefficient (Wildman–Crippen LogP) is 3.96. The summed E-state index contributed by atoms with van der Waals surface area (Å²) < 4.78 is 40.9. The quantitative estimate of drug-likeness (QED) is 0.764. The first-order valence-electron chi connectivity index (χ1n) is 8.03. The Hall–Kier alpha value is -2.90. The summed E-state index contributed by atoms with van der Waals surface area (Å²) >= 11 is 0. The van der Waals surface area contributed by atoms with E-state index in [1.165, 1.54) is 18.2 Å². The molecule has 0 saturated carbocycles. The van der Waals surface area contributed by atoms with E-state index in [1.807, 2.05) is 0 Å². The first-order chi connectivity index (χ1) is 12.3. The average Bonchev–Trinajstić information content (AvgIpc) is 3.00. The molecule has 1 amide bonds. The van der Waals surface area contributed by atoms with Crippen LogP contribution in [0.5, 0.6) is 0 Å². The van der Waals surface area contributed by atoms with Crippen LogP contribution in [0, 0.1) is 0 Å². The number of halogens is 3. The lowest BCUT2D eigenvalue weighted by molar-refractivity contribution is -0.147. The van der Waals surface area contributed by atoms with Crippen LogP contribution in [0.1, 0.15) is 41.6 Å². The van der Waals surface area contributed by atoms with Crippen molar-refractivity contribution in [3.8, 4) is 0 Å². The Morgan fingerprint density at radius 1 is 1.19 bits per heavy atom. The number of benzene rings is 1. The second kappa shape index (κ2) is 6.78. The number of carbonyl (C=O) groups excluding carboxylic acids is 1. The lowest BCUT2D eigenvalue weighted by Gasteiger charge is -2.14. The zero-order chi connectivity index (χ0) is 18.9. The van der Waals surface area contributed by atoms with Gasteiger partial charge in [0.05, 0.1) is 11.0 Å². The summed E-state index contributed by atoms with van der Waals surface area (Å²) in [5.74, 6) is -1.34. The van der Waals surface area contributed by atoms with Crippen LogP contribution in [-0.4, -0.2) is 20.4 Å². The molecule has 136 valence electrons. The maximum atomic E-state index is 13.2. The van der Waals surface area contributed by atoms with Crippen LogP contribution in [0.3, 0.4) is 0 Å². The smallest absolute Gasteiger partial charge is 0.348 e. The predicted molar refractivity (Wildman–Crippen MR) is 90.5 cm³/mol. The highest BCUT2D eigenvalue weighted by Gasteiger charge is 2.38. The fraction of sp³-hybridized carbons (Fsp3) is 0.278. The van der Waals surface area contributed by atoms with Gasteiger partial charge in [0, 0.05) is 30.5 Å². The Kier molecular flexibility index (Phi) is 4.67. The largest absolute Gasteiger partial charge is 0.449 e. The van der Waals surface area contributed by atoms with Crippen molar-refractivity contribution in [2.75, 3.05) is 0 Å². The molecular formula is C18H17F3N4O. The summed E-state index contributed by atoms with van der Waals surface area (Å²) in [6.45, 7) is 3.62. The summed E-state index contributed by atoms with van der Waals surface area (Å²) in [6.07, 6.45) is -1.33. The monoisotopic (exact) mass is 362 g/mol. The third kappa shape index (κ3) is 3.54. The number of nitrogens with one attached hydrogen (secondary N) is 1. The number of hydrogen-bond donors (Lipinski definition) is 1. The number of pyridine rings is 1. The summed E-state index contributed by atoms with van der Waals surface area (Å²) in [4.78, 5) is 19.9. The molecule has 8 heteroatoms. The van der Waals surface area contributed by atoms with Crippen LogP contribution in [0.25, 0.3) is 11.0 Å². The highest BCUT2D eigenvalue weighted by atomic mass is 19.4. The molecule has 0 aliphatic heterocycles. The van der Waals surface area contributed by atoms with E-state index >= 15 is 0 Å². The minimum Gasteiger partial charge on any atom is -0.348 e. The molecule has 0 atom stereocenters. The minimum atomic E-state index is -4.56. The zero-order valence-electron chi connectivity index (χ0n) is 14.2. The normalized spacial score (nSPS) is 11.9. The van der Waals surface area contributed by atoms with E-state index in [1.54, 1.807) is 38.4 Å². The number of nitrogens with zero attached hydrogens (tertiary/aromatic N) is 3. The molecule has 1 aromatic carbocycles. The molecule has 1 N–H and O–H groups in total. The van der Waals surface area contributed by atoms with Crippen molar-refractivity contribution in [1.29, 1.82) is 0 Å². The van der Waals surface area contributed by atoms with Crippen molar-refractivity contribution in [1.82, 2.24) is 19.9 Å². The molecule has 2 aromatic heterocycles. The Morgan fingerprint density at radius 3 is 2.50 bits per heavy atom. The molecule has 0 bridgehead atoms. The van der Waals surface area contributed by atoms with Crippen LogP contribution in [-0.2, 0) is 12.7 Å². The van der Waals surface area contributed by atoms with Gasteiger partial charge in [-0.1, -0.05) is 0 Å². The molecule has 0 unspecified atom stereocenters. The Bertz CT molecular complexity index is 933. The van der Waals surface area contributed by atoms with E-state index < -0.39 is 18.0 Å². The molecule has 0 aliphatic carbocycles. The molecule has 5 nitrogen and oxygen atoms in total. The maximum Gasteiger partial charge on any atom is 0.449 e. The van der Waals surface area contributed by atoms with Gasteiger partial charge in [0.15, 0.2) is 0 Å². The SMILES string of the molecule is CC(C)n1c(C(F)(F)F)nc2cc(C(=O)NCc3ccncc3)ccc21. The lowest BCUT2D eigenvalue weighted by atomic mass is 10.1. The number of rotatable bonds is 4. The van der Waals surface area contributed by atoms with Gasteiger partial charge in [-0.3, -0.25) is 9.78 Å². The van der Waals surface area contributed by atoms with E-state index in [0.29, 0.717) is 12.1 Å². The first kappa shape index (κ1) is 17.9. The molecule has 3 rings (SSSR count). The van der Waals surface area contributed by atoms with Gasteiger partial charge in [-0.25, -0.2) is 4.98 Å². The van der Waals surface area contributed by atoms with Crippen molar-refractivity contribution >= 4 is 16.9 Å². The molecule has 0 spiro atoms. The van der Waals surface area contributed by atoms with Crippen LogP contribution < -0.4 is 5.32 Å². The Labute approximate surface area is 147 Å². The summed E-state index contributed by atoms with van der Waals surface area (Å²) in [5.41, 5.74) is 1.62. The number of fused-ring (bicyclic) bond motifs is 1. The standard InChI is InChI=1S/C18H17F3N4O/c1-11(2)25-15-4-3-13(9-14(15)24-17(25)18(19,20)21)16(26)23-10-12-5-7-22-8-6-12/h3-9,11H,10H2,1-2H3,(H,23,26). The van der Waals surface area contributed by atoms with Gasteiger partial charge >= 0.3 is 6.18 Å². The van der Waals surface area contributed by atoms with E-state index in [-0.39, 0.29) is 17.0 Å². The van der Waals surface area contributed by atoms with Gasteiger partial charge in [0.25, 0.3) is 5.91 Å². The summed E-state index contributed by atoms with van der Waals surface area (Å²) in [7, 11) is 0. The molecule has 2 heterocycles. The van der Waals surface area contributed by atoms with Crippen LogP contribution in [0.15, 0.2) is 42.7 Å². The van der Waals surface area contributed by atoms with Crippen LogP contribution in [0.4, 0.5) is 13.2 Å². The van der Waals surface area contributed by atoms with Crippen molar-refractivity contribution in [3.63, 3.8) is 0 Å². The van der Waals surface area contributed by atoms with Gasteiger partial charge in [0.2, 0.25) is 5.82 Å². The van der Waals surface area contributed by atoms with Gasteiger partial charge in [-0.15, -0.1) is 0 Å². The molecule has 3 aromatic rings. The number of amides is 1. The highest BCUT2D eigenvalue weighted by molar-refractivity contribution is 5.97. The molecular weight excluding hydrogens is 345 g/mol. The second-order valence-corrected chi connectivity index (χ2v) is 6.14. The number of aromatic nitrogens is 3. The molecule has 26 heavy (non-hydrogen) atoms. The molecule has 0 aliphatic rings. The minimum absolute atomic E-state index is 0.141. The summed E-state index contributed by atoms with van der Waals surface area (Å²) in [5, 5.41) is 2.73. The van der Waals surface area contributed by atoms with E-state index in [0.717, 1.165) is 10.1 Å². The highest BCUT2D eigenvalue weighted by Crippen LogP contribution is 2.33. The zero-order valence-corrected chi connectivity index (χ0v) is 14.2. The first-order valence-corrected chi connectivity index (χ1v) is 8.03. The third-order valence-electron chi connectivity index (χ3n) is 3.92. The Morgan fingerprint density at radius 2 is 1.88 bits per heavy atom. The van der Waals surface area contributed by atoms with Crippen molar-refractivity contribution in [3.05, 3.63) is 59.7 Å². The lowest BCUT2D eigenvalue weighted by Crippen LogP contribution is -2.22. The third-order valence-corrected chi connectivity index (χ3v) is 3.92. The van der Waals surface area contributed by atoms with Crippen molar-refractivity contribution in [2.24, 2.45) is 0 Å². The average molecular weight is 362 g/mol.